The van der Waals surface area contributed by atoms with Crippen molar-refractivity contribution in [2.75, 3.05) is 12.3 Å². The van der Waals surface area contributed by atoms with Gasteiger partial charge >= 0.3 is 0 Å². The van der Waals surface area contributed by atoms with Gasteiger partial charge in [-0.25, -0.2) is 0 Å². The first kappa shape index (κ1) is 14.6. The first-order valence-corrected chi connectivity index (χ1v) is 7.38. The quantitative estimate of drug-likeness (QED) is 0.601. The van der Waals surface area contributed by atoms with E-state index >= 15 is 0 Å². The number of hydrogen-bond donors (Lipinski definition) is 1. The zero-order chi connectivity index (χ0) is 12.9. The van der Waals surface area contributed by atoms with E-state index in [1.807, 2.05) is 11.8 Å². The molecule has 0 aliphatic heterocycles. The fraction of sp³-hybridized carbons (Fsp3) is 0.600. The molecule has 0 aliphatic rings. The molecule has 2 heteroatoms. The summed E-state index contributed by atoms with van der Waals surface area (Å²) in [4.78, 5) is 1.41. The van der Waals surface area contributed by atoms with Gasteiger partial charge in [0.2, 0.25) is 0 Å². The molecule has 1 rings (SSSR count). The molecular weight excluding hydrogens is 226 g/mol. The third-order valence-corrected chi connectivity index (χ3v) is 4.35. The molecule has 0 radical (unpaired) electrons. The molecule has 0 saturated carbocycles. The molecule has 17 heavy (non-hydrogen) atoms. The van der Waals surface area contributed by atoms with E-state index in [0.717, 1.165) is 12.3 Å². The van der Waals surface area contributed by atoms with Gasteiger partial charge in [-0.3, -0.25) is 0 Å². The highest BCUT2D eigenvalue weighted by molar-refractivity contribution is 7.99. The number of aryl methyl sites for hydroxylation is 2. The topological polar surface area (TPSA) is 12.0 Å². The normalized spacial score (nSPS) is 11.8. The summed E-state index contributed by atoms with van der Waals surface area (Å²) in [6, 6.07) is 6.69. The Kier molecular flexibility index (Phi) is 5.54. The molecular formula is C15H25NS. The zero-order valence-electron chi connectivity index (χ0n) is 11.8. The van der Waals surface area contributed by atoms with Crippen molar-refractivity contribution in [2.45, 2.75) is 51.5 Å². The molecule has 1 aromatic rings. The molecule has 1 nitrogen and oxygen atoms in total. The van der Waals surface area contributed by atoms with Crippen LogP contribution in [0.3, 0.4) is 0 Å². The van der Waals surface area contributed by atoms with Crippen molar-refractivity contribution in [3.05, 3.63) is 29.3 Å². The van der Waals surface area contributed by atoms with E-state index in [-0.39, 0.29) is 5.54 Å². The van der Waals surface area contributed by atoms with E-state index in [4.69, 9.17) is 0 Å². The van der Waals surface area contributed by atoms with E-state index in [1.54, 1.807) is 0 Å². The fourth-order valence-electron chi connectivity index (χ4n) is 1.64. The lowest BCUT2D eigenvalue weighted by atomic mass is 10.0. The van der Waals surface area contributed by atoms with Crippen molar-refractivity contribution < 1.29 is 0 Å². The van der Waals surface area contributed by atoms with Crippen LogP contribution >= 0.6 is 11.8 Å². The summed E-state index contributed by atoms with van der Waals surface area (Å²) in [5, 5.41) is 3.59. The van der Waals surface area contributed by atoms with Crippen LogP contribution in [0.15, 0.2) is 23.1 Å². The van der Waals surface area contributed by atoms with Gasteiger partial charge in [0.15, 0.2) is 0 Å². The van der Waals surface area contributed by atoms with Crippen molar-refractivity contribution in [2.24, 2.45) is 0 Å². The molecule has 0 aliphatic carbocycles. The molecule has 1 N–H and O–H groups in total. The highest BCUT2D eigenvalue weighted by Crippen LogP contribution is 2.22. The summed E-state index contributed by atoms with van der Waals surface area (Å²) >= 11 is 1.94. The van der Waals surface area contributed by atoms with Gasteiger partial charge in [0.25, 0.3) is 0 Å². The molecule has 0 unspecified atom stereocenters. The number of nitrogens with one attached hydrogen (secondary N) is 1. The largest absolute Gasteiger partial charge is 0.311 e. The van der Waals surface area contributed by atoms with Crippen LogP contribution < -0.4 is 5.32 Å². The van der Waals surface area contributed by atoms with Gasteiger partial charge in [-0.1, -0.05) is 24.6 Å². The Morgan fingerprint density at radius 3 is 2.53 bits per heavy atom. The number of benzene rings is 1. The lowest BCUT2D eigenvalue weighted by molar-refractivity contribution is 0.388. The minimum Gasteiger partial charge on any atom is -0.311 e. The molecule has 0 atom stereocenters. The molecule has 0 spiro atoms. The maximum atomic E-state index is 3.59. The van der Waals surface area contributed by atoms with Crippen molar-refractivity contribution in [1.82, 2.24) is 5.32 Å². The van der Waals surface area contributed by atoms with Gasteiger partial charge in [0.1, 0.15) is 0 Å². The summed E-state index contributed by atoms with van der Waals surface area (Å²) in [7, 11) is 0. The Morgan fingerprint density at radius 1 is 1.24 bits per heavy atom. The molecule has 0 saturated heterocycles. The van der Waals surface area contributed by atoms with E-state index in [0.29, 0.717) is 0 Å². The number of hydrogen-bond acceptors (Lipinski definition) is 2. The van der Waals surface area contributed by atoms with Gasteiger partial charge in [0.05, 0.1) is 0 Å². The molecule has 1 aromatic carbocycles. The third kappa shape index (κ3) is 5.13. The Bertz CT molecular complexity index is 358. The van der Waals surface area contributed by atoms with Gasteiger partial charge in [-0.05, 0) is 45.7 Å². The summed E-state index contributed by atoms with van der Waals surface area (Å²) in [6.07, 6.45) is 1.17. The van der Waals surface area contributed by atoms with Crippen LogP contribution in [-0.2, 0) is 0 Å². The fourth-order valence-corrected chi connectivity index (χ4v) is 2.51. The second-order valence-electron chi connectivity index (χ2n) is 5.28. The number of rotatable bonds is 6. The predicted molar refractivity (Wildman–Crippen MR) is 79.0 cm³/mol. The van der Waals surface area contributed by atoms with Gasteiger partial charge in [-0.15, -0.1) is 11.8 Å². The van der Waals surface area contributed by atoms with E-state index < -0.39 is 0 Å². The SMILES string of the molecule is CCC(C)(C)NCCSc1ccc(C)cc1C. The average molecular weight is 251 g/mol. The molecule has 0 heterocycles. The van der Waals surface area contributed by atoms with Crippen molar-refractivity contribution >= 4 is 11.8 Å². The summed E-state index contributed by atoms with van der Waals surface area (Å²) in [6.45, 7) is 12.2. The van der Waals surface area contributed by atoms with E-state index in [1.165, 1.54) is 22.4 Å². The highest BCUT2D eigenvalue weighted by Gasteiger charge is 2.12. The van der Waals surface area contributed by atoms with Crippen molar-refractivity contribution in [3.63, 3.8) is 0 Å². The average Bonchev–Trinajstić information content (AvgIpc) is 2.27. The molecule has 0 bridgehead atoms. The van der Waals surface area contributed by atoms with Crippen LogP contribution in [0.5, 0.6) is 0 Å². The molecule has 96 valence electrons. The Hall–Kier alpha value is -0.470. The minimum atomic E-state index is 0.267. The van der Waals surface area contributed by atoms with Crippen LogP contribution in [0.25, 0.3) is 0 Å². The van der Waals surface area contributed by atoms with Crippen LogP contribution in [0, 0.1) is 13.8 Å². The molecule has 0 aromatic heterocycles. The maximum Gasteiger partial charge on any atom is 0.0122 e. The number of thioether (sulfide) groups is 1. The monoisotopic (exact) mass is 251 g/mol. The van der Waals surface area contributed by atoms with Crippen molar-refractivity contribution in [1.29, 1.82) is 0 Å². The van der Waals surface area contributed by atoms with Gasteiger partial charge in [-0.2, -0.15) is 0 Å². The van der Waals surface area contributed by atoms with E-state index in [9.17, 15) is 0 Å². The van der Waals surface area contributed by atoms with Gasteiger partial charge < -0.3 is 5.32 Å². The lowest BCUT2D eigenvalue weighted by Gasteiger charge is -2.24. The molecule has 0 fully saturated rings. The van der Waals surface area contributed by atoms with Crippen LogP contribution in [0.4, 0.5) is 0 Å². The second-order valence-corrected chi connectivity index (χ2v) is 6.42. The Morgan fingerprint density at radius 2 is 1.94 bits per heavy atom. The van der Waals surface area contributed by atoms with Crippen molar-refractivity contribution in [3.8, 4) is 0 Å². The molecule has 0 amide bonds. The lowest BCUT2D eigenvalue weighted by Crippen LogP contribution is -2.39. The first-order chi connectivity index (χ1) is 7.94. The Labute approximate surface area is 110 Å². The predicted octanol–water partition coefficient (Wildman–Crippen LogP) is 4.17. The second kappa shape index (κ2) is 6.46. The maximum absolute atomic E-state index is 3.59. The summed E-state index contributed by atoms with van der Waals surface area (Å²) in [5.41, 5.74) is 3.00. The first-order valence-electron chi connectivity index (χ1n) is 6.40. The minimum absolute atomic E-state index is 0.267. The highest BCUT2D eigenvalue weighted by atomic mass is 32.2. The smallest absolute Gasteiger partial charge is 0.0122 e. The van der Waals surface area contributed by atoms with Crippen LogP contribution in [-0.4, -0.2) is 17.8 Å². The van der Waals surface area contributed by atoms with Crippen LogP contribution in [0.1, 0.15) is 38.3 Å². The third-order valence-electron chi connectivity index (χ3n) is 3.18. The summed E-state index contributed by atoms with van der Waals surface area (Å²) in [5.74, 6) is 1.13. The van der Waals surface area contributed by atoms with Crippen LogP contribution in [0.2, 0.25) is 0 Å². The van der Waals surface area contributed by atoms with Gasteiger partial charge in [0, 0.05) is 22.7 Å². The summed E-state index contributed by atoms with van der Waals surface area (Å²) < 4.78 is 0. The standard InChI is InChI=1S/C15H25NS/c1-6-15(4,5)16-9-10-17-14-8-7-12(2)11-13(14)3/h7-8,11,16H,6,9-10H2,1-5H3. The van der Waals surface area contributed by atoms with E-state index in [2.05, 4.69) is 58.1 Å². The zero-order valence-corrected chi connectivity index (χ0v) is 12.6. The Balaban J connectivity index is 2.36.